The average molecular weight is 474 g/mol. The van der Waals surface area contributed by atoms with Crippen molar-refractivity contribution in [2.24, 2.45) is 10.8 Å². The molecule has 1 saturated heterocycles. The van der Waals surface area contributed by atoms with Crippen molar-refractivity contribution in [3.8, 4) is 5.88 Å². The molecule has 1 unspecified atom stereocenters. The number of piperidine rings is 1. The van der Waals surface area contributed by atoms with E-state index in [1.54, 1.807) is 39.5 Å². The van der Waals surface area contributed by atoms with Crippen LogP contribution in [-0.2, 0) is 15.7 Å². The molecule has 33 heavy (non-hydrogen) atoms. The molecule has 2 heterocycles. The first-order valence-electron chi connectivity index (χ1n) is 10.9. The number of rotatable bonds is 5. The second-order valence-electron chi connectivity index (χ2n) is 10.7. The van der Waals surface area contributed by atoms with Crippen LogP contribution in [0.15, 0.2) is 18.3 Å². The second-order valence-corrected chi connectivity index (χ2v) is 10.7. The molecule has 1 atom stereocenters. The predicted molar refractivity (Wildman–Crippen MR) is 117 cm³/mol. The standard InChI is InChI=1S/C23H34F3N3O4/c1-20(2,3)33-19(31)29-12-10-16(21(4,5)13-29)28-18(30)22(6,7)14-32-17-15(23(24,25)26)9-8-11-27-17/h8-9,11,16H,10,12-14H2,1-7H3,(H,28,30). The highest BCUT2D eigenvalue weighted by Crippen LogP contribution is 2.35. The molecule has 0 spiro atoms. The largest absolute Gasteiger partial charge is 0.476 e. The van der Waals surface area contributed by atoms with Crippen molar-refractivity contribution < 1.29 is 32.2 Å². The molecular formula is C23H34F3N3O4. The molecule has 7 nitrogen and oxygen atoms in total. The van der Waals surface area contributed by atoms with Gasteiger partial charge in [0.1, 0.15) is 17.8 Å². The van der Waals surface area contributed by atoms with Crippen molar-refractivity contribution in [2.75, 3.05) is 19.7 Å². The van der Waals surface area contributed by atoms with Gasteiger partial charge in [0.2, 0.25) is 11.8 Å². The number of amides is 2. The zero-order valence-corrected chi connectivity index (χ0v) is 20.3. The lowest BCUT2D eigenvalue weighted by atomic mass is 9.78. The van der Waals surface area contributed by atoms with E-state index >= 15 is 0 Å². The normalized spacial score (nSPS) is 19.1. The van der Waals surface area contributed by atoms with E-state index in [9.17, 15) is 22.8 Å². The summed E-state index contributed by atoms with van der Waals surface area (Å²) < 4.78 is 50.3. The summed E-state index contributed by atoms with van der Waals surface area (Å²) >= 11 is 0. The number of alkyl halides is 3. The number of hydrogen-bond acceptors (Lipinski definition) is 5. The first kappa shape index (κ1) is 26.7. The zero-order chi connectivity index (χ0) is 25.2. The Labute approximate surface area is 193 Å². The highest BCUT2D eigenvalue weighted by atomic mass is 19.4. The van der Waals surface area contributed by atoms with Gasteiger partial charge in [-0.25, -0.2) is 9.78 Å². The molecule has 0 aromatic carbocycles. The van der Waals surface area contributed by atoms with Crippen LogP contribution in [0.5, 0.6) is 5.88 Å². The number of ether oxygens (including phenoxy) is 2. The summed E-state index contributed by atoms with van der Waals surface area (Å²) in [6.45, 7) is 13.0. The summed E-state index contributed by atoms with van der Waals surface area (Å²) in [5, 5.41) is 3.00. The van der Waals surface area contributed by atoms with Crippen molar-refractivity contribution in [1.82, 2.24) is 15.2 Å². The molecule has 0 radical (unpaired) electrons. The lowest BCUT2D eigenvalue weighted by Crippen LogP contribution is -2.59. The Morgan fingerprint density at radius 2 is 1.85 bits per heavy atom. The summed E-state index contributed by atoms with van der Waals surface area (Å²) in [4.78, 5) is 30.7. The molecule has 1 aromatic heterocycles. The van der Waals surface area contributed by atoms with E-state index in [-0.39, 0.29) is 18.6 Å². The van der Waals surface area contributed by atoms with E-state index in [1.807, 2.05) is 13.8 Å². The van der Waals surface area contributed by atoms with Gasteiger partial charge in [0, 0.05) is 30.7 Å². The Morgan fingerprint density at radius 1 is 1.21 bits per heavy atom. The van der Waals surface area contributed by atoms with Gasteiger partial charge in [-0.2, -0.15) is 13.2 Å². The van der Waals surface area contributed by atoms with Gasteiger partial charge in [-0.3, -0.25) is 4.79 Å². The van der Waals surface area contributed by atoms with E-state index < -0.39 is 40.1 Å². The molecule has 0 bridgehead atoms. The van der Waals surface area contributed by atoms with Crippen molar-refractivity contribution in [1.29, 1.82) is 0 Å². The summed E-state index contributed by atoms with van der Waals surface area (Å²) in [6.07, 6.45) is -3.28. The fraction of sp³-hybridized carbons (Fsp3) is 0.696. The maximum absolute atomic E-state index is 13.2. The van der Waals surface area contributed by atoms with Crippen LogP contribution in [0, 0.1) is 10.8 Å². The smallest absolute Gasteiger partial charge is 0.421 e. The maximum atomic E-state index is 13.2. The number of likely N-dealkylation sites (tertiary alicyclic amines) is 1. The fourth-order valence-electron chi connectivity index (χ4n) is 3.50. The highest BCUT2D eigenvalue weighted by Gasteiger charge is 2.42. The van der Waals surface area contributed by atoms with Gasteiger partial charge in [0.05, 0.1) is 5.41 Å². The number of pyridine rings is 1. The SMILES string of the molecule is CC(C)(C)OC(=O)N1CCC(NC(=O)C(C)(C)COc2ncccc2C(F)(F)F)C(C)(C)C1. The minimum absolute atomic E-state index is 0.233. The molecular weight excluding hydrogens is 439 g/mol. The van der Waals surface area contributed by atoms with Crippen LogP contribution in [0.1, 0.15) is 60.5 Å². The first-order valence-corrected chi connectivity index (χ1v) is 10.9. The minimum atomic E-state index is -4.61. The quantitative estimate of drug-likeness (QED) is 0.673. The molecule has 186 valence electrons. The third-order valence-electron chi connectivity index (χ3n) is 5.45. The Morgan fingerprint density at radius 3 is 2.39 bits per heavy atom. The topological polar surface area (TPSA) is 80.8 Å². The number of carbonyl (C=O) groups excluding carboxylic acids is 2. The molecule has 1 aliphatic rings. The average Bonchev–Trinajstić information content (AvgIpc) is 2.65. The van der Waals surface area contributed by atoms with Crippen LogP contribution in [0.3, 0.4) is 0 Å². The zero-order valence-electron chi connectivity index (χ0n) is 20.3. The second kappa shape index (κ2) is 9.38. The maximum Gasteiger partial charge on any atom is 0.421 e. The lowest BCUT2D eigenvalue weighted by molar-refractivity contribution is -0.139. The van der Waals surface area contributed by atoms with Gasteiger partial charge in [0.15, 0.2) is 0 Å². The number of aromatic nitrogens is 1. The van der Waals surface area contributed by atoms with Gasteiger partial charge in [0.25, 0.3) is 0 Å². The summed E-state index contributed by atoms with van der Waals surface area (Å²) in [5.41, 5.74) is -3.14. The molecule has 1 aromatic rings. The van der Waals surface area contributed by atoms with Gasteiger partial charge < -0.3 is 19.7 Å². The van der Waals surface area contributed by atoms with E-state index in [1.165, 1.54) is 12.3 Å². The number of nitrogens with one attached hydrogen (secondary N) is 1. The Kier molecular flexibility index (Phi) is 7.60. The summed E-state index contributed by atoms with van der Waals surface area (Å²) in [7, 11) is 0. The van der Waals surface area contributed by atoms with Gasteiger partial charge in [-0.15, -0.1) is 0 Å². The number of halogens is 3. The molecule has 10 heteroatoms. The monoisotopic (exact) mass is 473 g/mol. The molecule has 0 saturated carbocycles. The Balaban J connectivity index is 2.01. The molecule has 0 aliphatic carbocycles. The van der Waals surface area contributed by atoms with Crippen LogP contribution in [0.4, 0.5) is 18.0 Å². The molecule has 1 fully saturated rings. The molecule has 1 aliphatic heterocycles. The number of nitrogens with zero attached hydrogens (tertiary/aromatic N) is 2. The van der Waals surface area contributed by atoms with E-state index in [0.717, 1.165) is 6.07 Å². The van der Waals surface area contributed by atoms with Crippen LogP contribution < -0.4 is 10.1 Å². The molecule has 1 N–H and O–H groups in total. The van der Waals surface area contributed by atoms with Gasteiger partial charge >= 0.3 is 12.3 Å². The third kappa shape index (κ3) is 7.23. The summed E-state index contributed by atoms with van der Waals surface area (Å²) in [6, 6.07) is 1.83. The van der Waals surface area contributed by atoms with Crippen LogP contribution >= 0.6 is 0 Å². The van der Waals surface area contributed by atoms with Gasteiger partial charge in [-0.05, 0) is 53.2 Å². The lowest BCUT2D eigenvalue weighted by Gasteiger charge is -2.45. The van der Waals surface area contributed by atoms with Crippen LogP contribution in [0.25, 0.3) is 0 Å². The predicted octanol–water partition coefficient (Wildman–Crippen LogP) is 4.66. The van der Waals surface area contributed by atoms with Crippen molar-refractivity contribution >= 4 is 12.0 Å². The Bertz CT molecular complexity index is 863. The highest BCUT2D eigenvalue weighted by molar-refractivity contribution is 5.82. The van der Waals surface area contributed by atoms with E-state index in [4.69, 9.17) is 9.47 Å². The number of hydrogen-bond donors (Lipinski definition) is 1. The fourth-order valence-corrected chi connectivity index (χ4v) is 3.50. The van der Waals surface area contributed by atoms with E-state index in [2.05, 4.69) is 10.3 Å². The van der Waals surface area contributed by atoms with Crippen molar-refractivity contribution in [3.05, 3.63) is 23.9 Å². The third-order valence-corrected chi connectivity index (χ3v) is 5.45. The van der Waals surface area contributed by atoms with Crippen LogP contribution in [-0.4, -0.2) is 53.2 Å². The van der Waals surface area contributed by atoms with Crippen LogP contribution in [0.2, 0.25) is 0 Å². The van der Waals surface area contributed by atoms with Crippen molar-refractivity contribution in [3.63, 3.8) is 0 Å². The summed E-state index contributed by atoms with van der Waals surface area (Å²) in [5.74, 6) is -0.910. The van der Waals surface area contributed by atoms with Gasteiger partial charge in [-0.1, -0.05) is 13.8 Å². The van der Waals surface area contributed by atoms with E-state index in [0.29, 0.717) is 19.5 Å². The minimum Gasteiger partial charge on any atom is -0.476 e. The molecule has 2 rings (SSSR count). The first-order chi connectivity index (χ1) is 14.9. The van der Waals surface area contributed by atoms with Crippen molar-refractivity contribution in [2.45, 2.75) is 72.7 Å². The number of carbonyl (C=O) groups is 2. The molecule has 2 amide bonds. The Hall–Kier alpha value is -2.52.